The summed E-state index contributed by atoms with van der Waals surface area (Å²) in [6, 6.07) is 12.1. The van der Waals surface area contributed by atoms with Crippen LogP contribution in [-0.4, -0.2) is 70.0 Å². The van der Waals surface area contributed by atoms with Gasteiger partial charge in [-0.05, 0) is 43.2 Å². The van der Waals surface area contributed by atoms with Gasteiger partial charge >= 0.3 is 0 Å². The van der Waals surface area contributed by atoms with Gasteiger partial charge in [-0.3, -0.25) is 9.69 Å². The highest BCUT2D eigenvalue weighted by atomic mass is 32.2. The number of carbonyl (C=O) groups is 1. The number of nitrogens with zero attached hydrogens (tertiary/aromatic N) is 2. The standard InChI is InChI=1S/C22H28FN3O4S/c1-17(24-31(28,29)21-6-4-3-5-20(21)23)22(27)26-15-13-25(14-16-26)12-11-18-7-9-19(30-2)10-8-18/h3-10,17,24H,11-16H2,1-2H3/t17-/m0/s1. The molecule has 2 aromatic rings. The number of amides is 1. The van der Waals surface area contributed by atoms with Crippen molar-refractivity contribution in [3.05, 3.63) is 59.9 Å². The Balaban J connectivity index is 1.48. The molecule has 0 spiro atoms. The summed E-state index contributed by atoms with van der Waals surface area (Å²) in [5.41, 5.74) is 1.22. The van der Waals surface area contributed by atoms with Gasteiger partial charge in [0.2, 0.25) is 15.9 Å². The molecule has 1 saturated heterocycles. The third-order valence-corrected chi connectivity index (χ3v) is 6.96. The highest BCUT2D eigenvalue weighted by Gasteiger charge is 2.29. The van der Waals surface area contributed by atoms with Crippen LogP contribution in [0, 0.1) is 5.82 Å². The lowest BCUT2D eigenvalue weighted by atomic mass is 10.1. The van der Waals surface area contributed by atoms with E-state index in [9.17, 15) is 17.6 Å². The lowest BCUT2D eigenvalue weighted by molar-refractivity contribution is -0.134. The maximum Gasteiger partial charge on any atom is 0.244 e. The van der Waals surface area contributed by atoms with Crippen molar-refractivity contribution in [1.29, 1.82) is 0 Å². The molecule has 1 heterocycles. The second-order valence-corrected chi connectivity index (χ2v) is 9.22. The molecule has 1 N–H and O–H groups in total. The lowest BCUT2D eigenvalue weighted by Crippen LogP contribution is -2.54. The molecule has 1 aliphatic rings. The van der Waals surface area contributed by atoms with E-state index in [0.717, 1.165) is 24.8 Å². The molecule has 9 heteroatoms. The van der Waals surface area contributed by atoms with E-state index in [-0.39, 0.29) is 5.91 Å². The van der Waals surface area contributed by atoms with E-state index in [1.807, 2.05) is 24.3 Å². The second kappa shape index (κ2) is 10.2. The van der Waals surface area contributed by atoms with E-state index in [4.69, 9.17) is 4.74 Å². The third kappa shape index (κ3) is 6.03. The third-order valence-electron chi connectivity index (χ3n) is 5.39. The van der Waals surface area contributed by atoms with E-state index in [0.29, 0.717) is 26.2 Å². The van der Waals surface area contributed by atoms with Gasteiger partial charge in [-0.1, -0.05) is 24.3 Å². The van der Waals surface area contributed by atoms with E-state index < -0.39 is 26.8 Å². The smallest absolute Gasteiger partial charge is 0.244 e. The van der Waals surface area contributed by atoms with Crippen LogP contribution in [0.3, 0.4) is 0 Å². The Kier molecular flexibility index (Phi) is 7.64. The molecule has 0 aromatic heterocycles. The summed E-state index contributed by atoms with van der Waals surface area (Å²) in [4.78, 5) is 16.2. The molecule has 0 bridgehead atoms. The van der Waals surface area contributed by atoms with Crippen LogP contribution in [0.1, 0.15) is 12.5 Å². The molecule has 31 heavy (non-hydrogen) atoms. The summed E-state index contributed by atoms with van der Waals surface area (Å²) >= 11 is 0. The number of sulfonamides is 1. The molecule has 3 rings (SSSR count). The topological polar surface area (TPSA) is 79.0 Å². The van der Waals surface area contributed by atoms with Crippen molar-refractivity contribution in [2.24, 2.45) is 0 Å². The summed E-state index contributed by atoms with van der Waals surface area (Å²) in [7, 11) is -2.48. The van der Waals surface area contributed by atoms with Gasteiger partial charge in [-0.2, -0.15) is 4.72 Å². The Bertz CT molecular complexity index is 990. The minimum Gasteiger partial charge on any atom is -0.497 e. The Morgan fingerprint density at radius 3 is 2.35 bits per heavy atom. The number of nitrogens with one attached hydrogen (secondary N) is 1. The quantitative estimate of drug-likeness (QED) is 0.666. The fourth-order valence-electron chi connectivity index (χ4n) is 3.55. The minimum atomic E-state index is -4.12. The normalized spacial score (nSPS) is 16.2. The fraction of sp³-hybridized carbons (Fsp3) is 0.409. The van der Waals surface area contributed by atoms with Gasteiger partial charge in [0.05, 0.1) is 13.2 Å². The Labute approximate surface area is 182 Å². The van der Waals surface area contributed by atoms with E-state index in [1.165, 1.54) is 30.7 Å². The highest BCUT2D eigenvalue weighted by molar-refractivity contribution is 7.89. The van der Waals surface area contributed by atoms with Crippen molar-refractivity contribution in [2.45, 2.75) is 24.3 Å². The first-order valence-electron chi connectivity index (χ1n) is 10.2. The molecule has 7 nitrogen and oxygen atoms in total. The highest BCUT2D eigenvalue weighted by Crippen LogP contribution is 2.15. The van der Waals surface area contributed by atoms with Gasteiger partial charge in [0.1, 0.15) is 16.5 Å². The van der Waals surface area contributed by atoms with Crippen LogP contribution in [0.5, 0.6) is 5.75 Å². The molecule has 1 atom stereocenters. The minimum absolute atomic E-state index is 0.310. The first-order chi connectivity index (χ1) is 14.8. The molecular weight excluding hydrogens is 421 g/mol. The zero-order valence-corrected chi connectivity index (χ0v) is 18.6. The molecule has 0 unspecified atom stereocenters. The Hall–Kier alpha value is -2.49. The van der Waals surface area contributed by atoms with Crippen molar-refractivity contribution in [1.82, 2.24) is 14.5 Å². The monoisotopic (exact) mass is 449 g/mol. The summed E-state index contributed by atoms with van der Waals surface area (Å²) in [5.74, 6) is -0.328. The average molecular weight is 450 g/mol. The van der Waals surface area contributed by atoms with Crippen LogP contribution in [0.15, 0.2) is 53.4 Å². The van der Waals surface area contributed by atoms with Crippen molar-refractivity contribution >= 4 is 15.9 Å². The average Bonchev–Trinajstić information content (AvgIpc) is 2.77. The summed E-state index contributed by atoms with van der Waals surface area (Å²) in [5, 5.41) is 0. The molecule has 0 aliphatic carbocycles. The van der Waals surface area contributed by atoms with E-state index in [1.54, 1.807) is 12.0 Å². The van der Waals surface area contributed by atoms with E-state index in [2.05, 4.69) is 9.62 Å². The fourth-order valence-corrected chi connectivity index (χ4v) is 4.83. The van der Waals surface area contributed by atoms with Gasteiger partial charge in [0.25, 0.3) is 0 Å². The summed E-state index contributed by atoms with van der Waals surface area (Å²) < 4.78 is 46.2. The molecule has 0 saturated carbocycles. The van der Waals surface area contributed by atoms with Gasteiger partial charge in [-0.15, -0.1) is 0 Å². The molecule has 0 radical (unpaired) electrons. The lowest BCUT2D eigenvalue weighted by Gasteiger charge is -2.36. The first-order valence-corrected chi connectivity index (χ1v) is 11.7. The predicted octanol–water partition coefficient (Wildman–Crippen LogP) is 1.89. The number of carbonyl (C=O) groups excluding carboxylic acids is 1. The Morgan fingerprint density at radius 1 is 1.10 bits per heavy atom. The molecule has 168 valence electrons. The molecule has 1 fully saturated rings. The van der Waals surface area contributed by atoms with Crippen LogP contribution in [0.4, 0.5) is 4.39 Å². The summed E-state index contributed by atoms with van der Waals surface area (Å²) in [6.07, 6.45) is 0.900. The number of benzene rings is 2. The Morgan fingerprint density at radius 2 is 1.74 bits per heavy atom. The number of hydrogen-bond acceptors (Lipinski definition) is 5. The molecular formula is C22H28FN3O4S. The number of halogens is 1. The molecule has 1 amide bonds. The number of methoxy groups -OCH3 is 1. The van der Waals surface area contributed by atoms with Crippen LogP contribution >= 0.6 is 0 Å². The van der Waals surface area contributed by atoms with Crippen molar-refractivity contribution in [3.8, 4) is 5.75 Å². The van der Waals surface area contributed by atoms with Gasteiger partial charge in [-0.25, -0.2) is 12.8 Å². The van der Waals surface area contributed by atoms with E-state index >= 15 is 0 Å². The van der Waals surface area contributed by atoms with Crippen LogP contribution in [-0.2, 0) is 21.2 Å². The largest absolute Gasteiger partial charge is 0.497 e. The first kappa shape index (κ1) is 23.2. The SMILES string of the molecule is COc1ccc(CCN2CCN(C(=O)[C@H](C)NS(=O)(=O)c3ccccc3F)CC2)cc1. The van der Waals surface area contributed by atoms with Crippen LogP contribution in [0.25, 0.3) is 0 Å². The number of piperazine rings is 1. The van der Waals surface area contributed by atoms with Crippen molar-refractivity contribution in [2.75, 3.05) is 39.8 Å². The van der Waals surface area contributed by atoms with Crippen molar-refractivity contribution in [3.63, 3.8) is 0 Å². The number of ether oxygens (including phenoxy) is 1. The van der Waals surface area contributed by atoms with Crippen LogP contribution < -0.4 is 9.46 Å². The van der Waals surface area contributed by atoms with Gasteiger partial charge in [0.15, 0.2) is 0 Å². The maximum absolute atomic E-state index is 13.8. The zero-order chi connectivity index (χ0) is 22.4. The number of hydrogen-bond donors (Lipinski definition) is 1. The van der Waals surface area contributed by atoms with Gasteiger partial charge in [0, 0.05) is 32.7 Å². The van der Waals surface area contributed by atoms with Crippen LogP contribution in [0.2, 0.25) is 0 Å². The number of rotatable bonds is 8. The zero-order valence-electron chi connectivity index (χ0n) is 17.8. The van der Waals surface area contributed by atoms with Crippen molar-refractivity contribution < 1.29 is 22.3 Å². The predicted molar refractivity (Wildman–Crippen MR) is 116 cm³/mol. The van der Waals surface area contributed by atoms with Gasteiger partial charge < -0.3 is 9.64 Å². The molecule has 1 aliphatic heterocycles. The summed E-state index contributed by atoms with van der Waals surface area (Å²) in [6.45, 7) is 4.84. The molecule has 2 aromatic carbocycles. The second-order valence-electron chi connectivity index (χ2n) is 7.54. The maximum atomic E-state index is 13.8.